The third-order valence-electron chi connectivity index (χ3n) is 15.1. The van der Waals surface area contributed by atoms with Crippen molar-refractivity contribution in [2.24, 2.45) is 0 Å². The Balaban J connectivity index is 3.49. The molecule has 0 saturated carbocycles. The number of rotatable bonds is 61. The van der Waals surface area contributed by atoms with Gasteiger partial charge in [-0.3, -0.25) is 4.79 Å². The largest absolute Gasteiger partial charge is 0.394 e. The molecule has 0 rings (SSSR count). The normalized spacial score (nSPS) is 13.2. The summed E-state index contributed by atoms with van der Waals surface area (Å²) < 4.78 is 0. The van der Waals surface area contributed by atoms with Gasteiger partial charge >= 0.3 is 0 Å². The molecule has 0 aliphatic carbocycles. The summed E-state index contributed by atoms with van der Waals surface area (Å²) in [4.78, 5) is 12.5. The van der Waals surface area contributed by atoms with Crippen molar-refractivity contribution in [2.45, 2.75) is 360 Å². The first-order valence-electron chi connectivity index (χ1n) is 33.2. The zero-order valence-corrected chi connectivity index (χ0v) is 49.9. The molecule has 0 bridgehead atoms. The molecule has 2 unspecified atom stereocenters. The molecule has 0 heterocycles. The van der Waals surface area contributed by atoms with Crippen molar-refractivity contribution in [3.8, 4) is 0 Å². The van der Waals surface area contributed by atoms with Crippen LogP contribution < -0.4 is 5.32 Å². The van der Waals surface area contributed by atoms with Gasteiger partial charge in [-0.1, -0.05) is 331 Å². The number of aliphatic hydroxyl groups excluding tert-OH is 2. The fraction of sp³-hybridized carbons (Fsp3) is 0.814. The highest BCUT2D eigenvalue weighted by Gasteiger charge is 2.18. The molecule has 74 heavy (non-hydrogen) atoms. The number of amides is 1. The molecule has 0 aliphatic heterocycles. The number of aliphatic hydroxyl groups is 2. The van der Waals surface area contributed by atoms with E-state index in [1.54, 1.807) is 6.08 Å². The topological polar surface area (TPSA) is 69.6 Å². The van der Waals surface area contributed by atoms with Crippen LogP contribution in [0.5, 0.6) is 0 Å². The van der Waals surface area contributed by atoms with Gasteiger partial charge in [-0.15, -0.1) is 0 Å². The van der Waals surface area contributed by atoms with Crippen molar-refractivity contribution in [3.63, 3.8) is 0 Å². The van der Waals surface area contributed by atoms with Crippen molar-refractivity contribution in [3.05, 3.63) is 72.9 Å². The van der Waals surface area contributed by atoms with Crippen LogP contribution in [0, 0.1) is 0 Å². The van der Waals surface area contributed by atoms with Gasteiger partial charge in [-0.2, -0.15) is 0 Å². The Hall–Kier alpha value is -2.17. The third kappa shape index (κ3) is 60.7. The average molecular weight is 1030 g/mol. The lowest BCUT2D eigenvalue weighted by Crippen LogP contribution is -2.45. The smallest absolute Gasteiger partial charge is 0.220 e. The molecule has 2 atom stereocenters. The van der Waals surface area contributed by atoms with Crippen molar-refractivity contribution in [2.75, 3.05) is 6.61 Å². The SMILES string of the molecule is CCCCCCC/C=C\C/C=C\C/C=C\CCCCCCCCCCCCCCCCCCCCCCCCC(=O)NC(CO)C(O)/C=C/CC/C=C/CC/C=C/CCCCCCCCCCCCCCCCC. The van der Waals surface area contributed by atoms with Gasteiger partial charge in [0.05, 0.1) is 18.8 Å². The van der Waals surface area contributed by atoms with E-state index in [-0.39, 0.29) is 12.5 Å². The third-order valence-corrected chi connectivity index (χ3v) is 15.1. The first-order chi connectivity index (χ1) is 36.7. The zero-order valence-electron chi connectivity index (χ0n) is 49.9. The van der Waals surface area contributed by atoms with Crippen LogP contribution in [0.3, 0.4) is 0 Å². The fourth-order valence-electron chi connectivity index (χ4n) is 10.1. The first kappa shape index (κ1) is 71.8. The Morgan fingerprint density at radius 3 is 0.878 bits per heavy atom. The summed E-state index contributed by atoms with van der Waals surface area (Å²) in [5.41, 5.74) is 0. The summed E-state index contributed by atoms with van der Waals surface area (Å²) in [6, 6.07) is -0.648. The molecule has 432 valence electrons. The standard InChI is InChI=1S/C70H129NO3/c1-3-5-7-9-11-13-15-17-19-21-23-25-27-29-30-31-32-33-34-35-36-37-38-39-40-42-44-46-48-50-52-54-56-58-60-62-64-66-70(74)71-68(67-72)69(73)65-63-61-59-57-55-53-51-49-47-45-43-41-28-26-24-22-20-18-16-14-12-10-8-6-4-2/h15,17,21,23,27,29,47,49,55,57,63,65,68-69,72-73H,3-14,16,18-20,22,24-26,28,30-46,48,50-54,56,58-62,64,66-67H2,1-2H3,(H,71,74)/b17-15-,23-21-,29-27-,49-47+,57-55+,65-63+. The summed E-state index contributed by atoms with van der Waals surface area (Å²) in [5, 5.41) is 23.2. The van der Waals surface area contributed by atoms with Gasteiger partial charge in [0.15, 0.2) is 0 Å². The molecule has 0 spiro atoms. The van der Waals surface area contributed by atoms with Crippen LogP contribution in [0.4, 0.5) is 0 Å². The number of hydrogen-bond donors (Lipinski definition) is 3. The highest BCUT2D eigenvalue weighted by atomic mass is 16.3. The minimum Gasteiger partial charge on any atom is -0.394 e. The van der Waals surface area contributed by atoms with Gasteiger partial charge in [0.1, 0.15) is 0 Å². The van der Waals surface area contributed by atoms with Gasteiger partial charge in [-0.25, -0.2) is 0 Å². The van der Waals surface area contributed by atoms with Crippen molar-refractivity contribution >= 4 is 5.91 Å². The second-order valence-corrected chi connectivity index (χ2v) is 22.5. The average Bonchev–Trinajstić information content (AvgIpc) is 3.40. The highest BCUT2D eigenvalue weighted by molar-refractivity contribution is 5.76. The summed E-state index contributed by atoms with van der Waals surface area (Å²) in [7, 11) is 0. The molecule has 4 nitrogen and oxygen atoms in total. The maximum Gasteiger partial charge on any atom is 0.220 e. The number of hydrogen-bond acceptors (Lipinski definition) is 3. The Labute approximate surface area is 463 Å². The van der Waals surface area contributed by atoms with Gasteiger partial charge in [0.2, 0.25) is 5.91 Å². The van der Waals surface area contributed by atoms with Crippen LogP contribution in [0.15, 0.2) is 72.9 Å². The molecule has 0 fully saturated rings. The summed E-state index contributed by atoms with van der Waals surface area (Å²) in [5.74, 6) is -0.0733. The summed E-state index contributed by atoms with van der Waals surface area (Å²) in [6.45, 7) is 4.31. The van der Waals surface area contributed by atoms with E-state index in [4.69, 9.17) is 0 Å². The monoisotopic (exact) mass is 1030 g/mol. The molecule has 0 saturated heterocycles. The van der Waals surface area contributed by atoms with E-state index in [1.165, 1.54) is 276 Å². The van der Waals surface area contributed by atoms with Crippen molar-refractivity contribution in [1.82, 2.24) is 5.32 Å². The predicted octanol–water partition coefficient (Wildman–Crippen LogP) is 22.5. The van der Waals surface area contributed by atoms with E-state index in [9.17, 15) is 15.0 Å². The second kappa shape index (κ2) is 65.1. The second-order valence-electron chi connectivity index (χ2n) is 22.5. The summed E-state index contributed by atoms with van der Waals surface area (Å²) in [6.07, 6.45) is 94.0. The molecule has 0 aromatic rings. The molecule has 0 aromatic carbocycles. The lowest BCUT2D eigenvalue weighted by molar-refractivity contribution is -0.123. The van der Waals surface area contributed by atoms with Crippen molar-refractivity contribution in [1.29, 1.82) is 0 Å². The van der Waals surface area contributed by atoms with Crippen molar-refractivity contribution < 1.29 is 15.0 Å². The number of carbonyl (C=O) groups excluding carboxylic acids is 1. The molecule has 1 amide bonds. The molecular formula is C70H129NO3. The van der Waals surface area contributed by atoms with Gasteiger partial charge in [-0.05, 0) is 83.5 Å². The Kier molecular flexibility index (Phi) is 63.2. The number of allylic oxidation sites excluding steroid dienone is 11. The lowest BCUT2D eigenvalue weighted by atomic mass is 10.0. The Bertz CT molecular complexity index is 1260. The Morgan fingerprint density at radius 1 is 0.324 bits per heavy atom. The van der Waals surface area contributed by atoms with Gasteiger partial charge in [0, 0.05) is 6.42 Å². The number of unbranched alkanes of at least 4 members (excludes halogenated alkanes) is 44. The lowest BCUT2D eigenvalue weighted by Gasteiger charge is -2.19. The molecule has 0 radical (unpaired) electrons. The highest BCUT2D eigenvalue weighted by Crippen LogP contribution is 2.18. The zero-order chi connectivity index (χ0) is 53.4. The fourth-order valence-corrected chi connectivity index (χ4v) is 10.1. The predicted molar refractivity (Wildman–Crippen MR) is 331 cm³/mol. The van der Waals surface area contributed by atoms with Crippen LogP contribution in [-0.4, -0.2) is 34.9 Å². The maximum atomic E-state index is 12.5. The summed E-state index contributed by atoms with van der Waals surface area (Å²) >= 11 is 0. The van der Waals surface area contributed by atoms with Crippen LogP contribution in [-0.2, 0) is 4.79 Å². The minimum atomic E-state index is -0.873. The van der Waals surface area contributed by atoms with E-state index >= 15 is 0 Å². The number of nitrogens with one attached hydrogen (secondary N) is 1. The van der Waals surface area contributed by atoms with E-state index in [0.717, 1.165) is 51.4 Å². The van der Waals surface area contributed by atoms with Crippen LogP contribution >= 0.6 is 0 Å². The molecule has 0 aromatic heterocycles. The molecule has 3 N–H and O–H groups in total. The van der Waals surface area contributed by atoms with E-state index in [1.807, 2.05) is 6.08 Å². The van der Waals surface area contributed by atoms with Gasteiger partial charge in [0.25, 0.3) is 0 Å². The quantitative estimate of drug-likeness (QED) is 0.0420. The molecule has 4 heteroatoms. The van der Waals surface area contributed by atoms with Crippen LogP contribution in [0.2, 0.25) is 0 Å². The van der Waals surface area contributed by atoms with E-state index < -0.39 is 12.1 Å². The van der Waals surface area contributed by atoms with Crippen LogP contribution in [0.25, 0.3) is 0 Å². The van der Waals surface area contributed by atoms with Crippen LogP contribution in [0.1, 0.15) is 348 Å². The minimum absolute atomic E-state index is 0.0733. The number of carbonyl (C=O) groups is 1. The van der Waals surface area contributed by atoms with Gasteiger partial charge < -0.3 is 15.5 Å². The van der Waals surface area contributed by atoms with E-state index in [0.29, 0.717) is 6.42 Å². The Morgan fingerprint density at radius 2 is 0.568 bits per heavy atom. The molecule has 0 aliphatic rings. The first-order valence-corrected chi connectivity index (χ1v) is 33.2. The van der Waals surface area contributed by atoms with E-state index in [2.05, 4.69) is 79.9 Å². The maximum absolute atomic E-state index is 12.5. The molecular weight excluding hydrogens is 903 g/mol.